The maximum Gasteiger partial charge on any atom is 0.214 e. The van der Waals surface area contributed by atoms with E-state index in [2.05, 4.69) is 25.5 Å². The molecular formula is C14H15N5O2S2. The number of pyridine rings is 1. The Labute approximate surface area is 141 Å². The zero-order chi connectivity index (χ0) is 16.4. The minimum Gasteiger partial charge on any atom is -0.481 e. The third kappa shape index (κ3) is 3.31. The van der Waals surface area contributed by atoms with E-state index >= 15 is 0 Å². The summed E-state index contributed by atoms with van der Waals surface area (Å²) in [5.74, 6) is 1.10. The number of nitrogens with zero attached hydrogens (tertiary/aromatic N) is 4. The highest BCUT2D eigenvalue weighted by Crippen LogP contribution is 2.35. The topological polar surface area (TPSA) is 93.0 Å². The standard InChI is InChI=1S/C14H15N5O2S2/c1-8-7-22-11(15-8)14(2,20)12-18-19-13(23-12)17-9-5-4-6-10(16-9)21-3/h4-7,20H,1-3H3,(H,16,17,19). The summed E-state index contributed by atoms with van der Waals surface area (Å²) in [6, 6.07) is 5.38. The third-order valence-electron chi connectivity index (χ3n) is 3.04. The van der Waals surface area contributed by atoms with Crippen molar-refractivity contribution >= 4 is 33.6 Å². The minimum absolute atomic E-state index is 0.470. The highest BCUT2D eigenvalue weighted by Gasteiger charge is 2.33. The van der Waals surface area contributed by atoms with Gasteiger partial charge >= 0.3 is 0 Å². The molecule has 3 heterocycles. The van der Waals surface area contributed by atoms with Crippen LogP contribution in [0.3, 0.4) is 0 Å². The Morgan fingerprint density at radius 2 is 2.04 bits per heavy atom. The van der Waals surface area contributed by atoms with Gasteiger partial charge in [-0.15, -0.1) is 21.5 Å². The summed E-state index contributed by atoms with van der Waals surface area (Å²) in [7, 11) is 1.56. The number of thiazole rings is 1. The van der Waals surface area contributed by atoms with Crippen LogP contribution in [0.15, 0.2) is 23.6 Å². The van der Waals surface area contributed by atoms with Gasteiger partial charge < -0.3 is 15.2 Å². The second-order valence-corrected chi connectivity index (χ2v) is 6.80. The molecule has 1 atom stereocenters. The molecule has 2 N–H and O–H groups in total. The lowest BCUT2D eigenvalue weighted by Gasteiger charge is -2.16. The van der Waals surface area contributed by atoms with Gasteiger partial charge in [-0.2, -0.15) is 4.98 Å². The van der Waals surface area contributed by atoms with Gasteiger partial charge in [0.15, 0.2) is 10.6 Å². The summed E-state index contributed by atoms with van der Waals surface area (Å²) in [6.07, 6.45) is 0. The fraction of sp³-hybridized carbons (Fsp3) is 0.286. The molecule has 0 spiro atoms. The van der Waals surface area contributed by atoms with Gasteiger partial charge in [-0.1, -0.05) is 17.4 Å². The average Bonchev–Trinajstić information content (AvgIpc) is 3.17. The van der Waals surface area contributed by atoms with Crippen LogP contribution in [0, 0.1) is 6.92 Å². The quantitative estimate of drug-likeness (QED) is 0.731. The summed E-state index contributed by atoms with van der Waals surface area (Å²) in [4.78, 5) is 8.59. The Morgan fingerprint density at radius 1 is 1.22 bits per heavy atom. The maximum absolute atomic E-state index is 10.7. The van der Waals surface area contributed by atoms with Gasteiger partial charge in [0.1, 0.15) is 10.8 Å². The number of anilines is 2. The van der Waals surface area contributed by atoms with Crippen LogP contribution in [0.25, 0.3) is 0 Å². The van der Waals surface area contributed by atoms with Gasteiger partial charge in [0.05, 0.1) is 7.11 Å². The predicted octanol–water partition coefficient (Wildman–Crippen LogP) is 2.71. The van der Waals surface area contributed by atoms with Crippen LogP contribution in [0.2, 0.25) is 0 Å². The van der Waals surface area contributed by atoms with Crippen molar-refractivity contribution in [2.24, 2.45) is 0 Å². The molecule has 3 aromatic rings. The van der Waals surface area contributed by atoms with Crippen LogP contribution in [0.1, 0.15) is 22.6 Å². The Kier molecular flexibility index (Phi) is 4.24. The van der Waals surface area contributed by atoms with E-state index in [1.807, 2.05) is 18.4 Å². The van der Waals surface area contributed by atoms with Gasteiger partial charge in [-0.25, -0.2) is 4.98 Å². The van der Waals surface area contributed by atoms with E-state index in [-0.39, 0.29) is 0 Å². The summed E-state index contributed by atoms with van der Waals surface area (Å²) in [6.45, 7) is 3.55. The number of ether oxygens (including phenoxy) is 1. The predicted molar refractivity (Wildman–Crippen MR) is 89.5 cm³/mol. The number of methoxy groups -OCH3 is 1. The molecule has 0 bridgehead atoms. The molecule has 0 amide bonds. The molecule has 1 unspecified atom stereocenters. The zero-order valence-electron chi connectivity index (χ0n) is 12.8. The van der Waals surface area contributed by atoms with Crippen LogP contribution >= 0.6 is 22.7 Å². The SMILES string of the molecule is COc1cccc(Nc2nnc(C(C)(O)c3nc(C)cs3)s2)n1. The molecular weight excluding hydrogens is 334 g/mol. The van der Waals surface area contributed by atoms with E-state index < -0.39 is 5.60 Å². The van der Waals surface area contributed by atoms with Crippen LogP contribution < -0.4 is 10.1 Å². The van der Waals surface area contributed by atoms with Crippen molar-refractivity contribution in [1.82, 2.24) is 20.2 Å². The zero-order valence-corrected chi connectivity index (χ0v) is 14.4. The first-order chi connectivity index (χ1) is 11.0. The van der Waals surface area contributed by atoms with Crippen molar-refractivity contribution < 1.29 is 9.84 Å². The second-order valence-electron chi connectivity index (χ2n) is 4.97. The second kappa shape index (κ2) is 6.19. The maximum atomic E-state index is 10.7. The smallest absolute Gasteiger partial charge is 0.214 e. The summed E-state index contributed by atoms with van der Waals surface area (Å²) >= 11 is 2.65. The molecule has 0 aliphatic rings. The number of hydrogen-bond donors (Lipinski definition) is 2. The molecule has 9 heteroatoms. The first kappa shape index (κ1) is 15.8. The van der Waals surface area contributed by atoms with Crippen LogP contribution in [-0.4, -0.2) is 32.4 Å². The fourth-order valence-corrected chi connectivity index (χ4v) is 3.57. The van der Waals surface area contributed by atoms with Gasteiger partial charge in [-0.05, 0) is 19.9 Å². The van der Waals surface area contributed by atoms with E-state index in [9.17, 15) is 5.11 Å². The van der Waals surface area contributed by atoms with E-state index in [0.29, 0.717) is 26.8 Å². The molecule has 0 saturated heterocycles. The average molecular weight is 349 g/mol. The molecule has 0 aromatic carbocycles. The normalized spacial score (nSPS) is 13.6. The first-order valence-corrected chi connectivity index (χ1v) is 8.45. The first-order valence-electron chi connectivity index (χ1n) is 6.76. The van der Waals surface area contributed by atoms with E-state index in [4.69, 9.17) is 4.74 Å². The van der Waals surface area contributed by atoms with Gasteiger partial charge in [0.2, 0.25) is 11.0 Å². The summed E-state index contributed by atoms with van der Waals surface area (Å²) < 4.78 is 5.08. The lowest BCUT2D eigenvalue weighted by molar-refractivity contribution is 0.101. The number of hydrogen-bond acceptors (Lipinski definition) is 9. The van der Waals surface area contributed by atoms with Crippen molar-refractivity contribution in [2.45, 2.75) is 19.4 Å². The van der Waals surface area contributed by atoms with Crippen molar-refractivity contribution in [3.05, 3.63) is 39.3 Å². The molecule has 0 aliphatic heterocycles. The molecule has 7 nitrogen and oxygen atoms in total. The molecule has 3 aromatic heterocycles. The fourth-order valence-electron chi connectivity index (χ4n) is 1.85. The van der Waals surface area contributed by atoms with Crippen molar-refractivity contribution in [2.75, 3.05) is 12.4 Å². The lowest BCUT2D eigenvalue weighted by Crippen LogP contribution is -2.22. The minimum atomic E-state index is -1.27. The van der Waals surface area contributed by atoms with E-state index in [1.165, 1.54) is 22.7 Å². The van der Waals surface area contributed by atoms with Crippen LogP contribution in [0.5, 0.6) is 5.88 Å². The Morgan fingerprint density at radius 3 is 2.74 bits per heavy atom. The number of nitrogens with one attached hydrogen (secondary N) is 1. The number of aromatic nitrogens is 4. The summed E-state index contributed by atoms with van der Waals surface area (Å²) in [5, 5.41) is 25.4. The Bertz CT molecular complexity index is 815. The van der Waals surface area contributed by atoms with Gasteiger partial charge in [0.25, 0.3) is 0 Å². The Hall–Kier alpha value is -2.10. The molecule has 3 rings (SSSR count). The van der Waals surface area contributed by atoms with E-state index in [0.717, 1.165) is 5.69 Å². The van der Waals surface area contributed by atoms with Crippen molar-refractivity contribution in [3.63, 3.8) is 0 Å². The summed E-state index contributed by atoms with van der Waals surface area (Å²) in [5.41, 5.74) is -0.396. The molecule has 120 valence electrons. The largest absolute Gasteiger partial charge is 0.481 e. The Balaban J connectivity index is 1.82. The highest BCUT2D eigenvalue weighted by molar-refractivity contribution is 7.15. The van der Waals surface area contributed by atoms with E-state index in [1.54, 1.807) is 26.2 Å². The van der Waals surface area contributed by atoms with Gasteiger partial charge in [-0.3, -0.25) is 0 Å². The molecule has 0 saturated carbocycles. The highest BCUT2D eigenvalue weighted by atomic mass is 32.1. The van der Waals surface area contributed by atoms with Crippen molar-refractivity contribution in [3.8, 4) is 5.88 Å². The molecule has 0 fully saturated rings. The van der Waals surface area contributed by atoms with Crippen LogP contribution in [0.4, 0.5) is 10.9 Å². The number of aryl methyl sites for hydroxylation is 1. The molecule has 0 aliphatic carbocycles. The van der Waals surface area contributed by atoms with Crippen LogP contribution in [-0.2, 0) is 5.60 Å². The monoisotopic (exact) mass is 349 g/mol. The number of rotatable bonds is 5. The van der Waals surface area contributed by atoms with Crippen molar-refractivity contribution in [1.29, 1.82) is 0 Å². The van der Waals surface area contributed by atoms with Gasteiger partial charge in [0, 0.05) is 17.1 Å². The molecule has 0 radical (unpaired) electrons. The third-order valence-corrected chi connectivity index (χ3v) is 5.27. The lowest BCUT2D eigenvalue weighted by atomic mass is 10.1. The molecule has 23 heavy (non-hydrogen) atoms. The number of aliphatic hydroxyl groups is 1.